The summed E-state index contributed by atoms with van der Waals surface area (Å²) in [6.07, 6.45) is 7.32. The zero-order chi connectivity index (χ0) is 23.1. The Labute approximate surface area is 192 Å². The quantitative estimate of drug-likeness (QED) is 0.524. The van der Waals surface area contributed by atoms with Gasteiger partial charge >= 0.3 is 0 Å². The third kappa shape index (κ3) is 6.78. The van der Waals surface area contributed by atoms with Gasteiger partial charge in [0.15, 0.2) is 0 Å². The van der Waals surface area contributed by atoms with E-state index in [1.54, 1.807) is 30.3 Å². The molecule has 0 unspecified atom stereocenters. The fraction of sp³-hybridized carbons (Fsp3) is 0.667. The second kappa shape index (κ2) is 11.3. The Morgan fingerprint density at radius 1 is 0.969 bits per heavy atom. The maximum atomic E-state index is 12.9. The van der Waals surface area contributed by atoms with Crippen LogP contribution in [0, 0.1) is 17.8 Å². The third-order valence-corrected chi connectivity index (χ3v) is 8.22. The van der Waals surface area contributed by atoms with Crippen LogP contribution in [0.2, 0.25) is 0 Å². The molecular weight excluding hydrogens is 426 g/mol. The summed E-state index contributed by atoms with van der Waals surface area (Å²) in [6.45, 7) is 4.29. The van der Waals surface area contributed by atoms with E-state index in [2.05, 4.69) is 15.4 Å². The van der Waals surface area contributed by atoms with Crippen molar-refractivity contribution in [2.75, 3.05) is 6.54 Å². The van der Waals surface area contributed by atoms with Crippen LogP contribution in [0.15, 0.2) is 35.2 Å². The first kappa shape index (κ1) is 24.7. The molecule has 2 aliphatic rings. The molecule has 0 bridgehead atoms. The van der Waals surface area contributed by atoms with Crippen LogP contribution in [0.3, 0.4) is 0 Å². The number of carbonyl (C=O) groups excluding carboxylic acids is 2. The number of amides is 2. The van der Waals surface area contributed by atoms with E-state index < -0.39 is 16.1 Å². The van der Waals surface area contributed by atoms with E-state index in [-0.39, 0.29) is 40.5 Å². The van der Waals surface area contributed by atoms with Crippen LogP contribution in [0.5, 0.6) is 0 Å². The first-order valence-electron chi connectivity index (χ1n) is 11.9. The molecule has 0 aliphatic heterocycles. The highest BCUT2D eigenvalue weighted by atomic mass is 32.2. The predicted octanol–water partition coefficient (Wildman–Crippen LogP) is 2.97. The standard InChI is InChI=1S/C24H37N3O4S/c1-17(2)22(24(29)26-20-8-6-7-9-20)27-23(28)19-14-12-18(13-15-19)16-25-32(30,31)21-10-4-3-5-11-21/h3-5,10-11,17-20,22,25H,6-9,12-16H2,1-2H3,(H,26,29)(H,27,28)/t18?,19?,22-/m1/s1. The molecule has 0 radical (unpaired) electrons. The van der Waals surface area contributed by atoms with Crippen LogP contribution in [0.25, 0.3) is 0 Å². The van der Waals surface area contributed by atoms with Gasteiger partial charge < -0.3 is 10.6 Å². The lowest BCUT2D eigenvalue weighted by Gasteiger charge is -2.30. The minimum Gasteiger partial charge on any atom is -0.352 e. The van der Waals surface area contributed by atoms with E-state index in [1.807, 2.05) is 13.8 Å². The normalized spacial score (nSPS) is 23.1. The molecule has 178 valence electrons. The van der Waals surface area contributed by atoms with Crippen molar-refractivity contribution in [1.29, 1.82) is 0 Å². The number of benzene rings is 1. The number of hydrogen-bond acceptors (Lipinski definition) is 4. The highest BCUT2D eigenvalue weighted by molar-refractivity contribution is 7.89. The van der Waals surface area contributed by atoms with Crippen LogP contribution < -0.4 is 15.4 Å². The van der Waals surface area contributed by atoms with Crippen molar-refractivity contribution in [2.45, 2.75) is 82.2 Å². The first-order chi connectivity index (χ1) is 15.3. The van der Waals surface area contributed by atoms with E-state index in [4.69, 9.17) is 0 Å². The predicted molar refractivity (Wildman–Crippen MR) is 124 cm³/mol. The molecule has 2 amide bonds. The van der Waals surface area contributed by atoms with E-state index in [1.165, 1.54) is 0 Å². The topological polar surface area (TPSA) is 104 Å². The number of sulfonamides is 1. The van der Waals surface area contributed by atoms with Crippen molar-refractivity contribution in [3.8, 4) is 0 Å². The summed E-state index contributed by atoms with van der Waals surface area (Å²) in [5, 5.41) is 6.09. The summed E-state index contributed by atoms with van der Waals surface area (Å²) in [6, 6.07) is 8.07. The Morgan fingerprint density at radius 2 is 1.59 bits per heavy atom. The van der Waals surface area contributed by atoms with Crippen LogP contribution >= 0.6 is 0 Å². The van der Waals surface area contributed by atoms with Gasteiger partial charge in [0.2, 0.25) is 21.8 Å². The molecule has 1 aromatic rings. The van der Waals surface area contributed by atoms with Crippen molar-refractivity contribution in [3.63, 3.8) is 0 Å². The Morgan fingerprint density at radius 3 is 2.19 bits per heavy atom. The summed E-state index contributed by atoms with van der Waals surface area (Å²) < 4.78 is 27.5. The molecule has 7 nitrogen and oxygen atoms in total. The Hall–Kier alpha value is -1.93. The molecule has 3 N–H and O–H groups in total. The Balaban J connectivity index is 1.45. The average molecular weight is 464 g/mol. The van der Waals surface area contributed by atoms with Crippen LogP contribution in [0.4, 0.5) is 0 Å². The molecule has 0 spiro atoms. The summed E-state index contributed by atoms with van der Waals surface area (Å²) >= 11 is 0. The lowest BCUT2D eigenvalue weighted by Crippen LogP contribution is -2.53. The summed E-state index contributed by atoms with van der Waals surface area (Å²) in [4.78, 5) is 25.8. The zero-order valence-corrected chi connectivity index (χ0v) is 20.0. The maximum absolute atomic E-state index is 12.9. The van der Waals surface area contributed by atoms with Gasteiger partial charge in [-0.1, -0.05) is 44.9 Å². The van der Waals surface area contributed by atoms with Crippen LogP contribution in [-0.4, -0.2) is 38.9 Å². The molecular formula is C24H37N3O4S. The largest absolute Gasteiger partial charge is 0.352 e. The zero-order valence-electron chi connectivity index (χ0n) is 19.2. The highest BCUT2D eigenvalue weighted by Crippen LogP contribution is 2.29. The summed E-state index contributed by atoms with van der Waals surface area (Å²) in [7, 11) is -3.51. The number of hydrogen-bond donors (Lipinski definition) is 3. The highest BCUT2D eigenvalue weighted by Gasteiger charge is 2.32. The smallest absolute Gasteiger partial charge is 0.243 e. The van der Waals surface area contributed by atoms with Gasteiger partial charge in [0, 0.05) is 18.5 Å². The second-order valence-corrected chi connectivity index (χ2v) is 11.4. The van der Waals surface area contributed by atoms with Crippen LogP contribution in [0.1, 0.15) is 65.2 Å². The minimum absolute atomic E-state index is 0.0177. The Kier molecular flexibility index (Phi) is 8.71. The lowest BCUT2D eigenvalue weighted by molar-refractivity contribution is -0.133. The maximum Gasteiger partial charge on any atom is 0.243 e. The number of rotatable bonds is 9. The van der Waals surface area contributed by atoms with Crippen molar-refractivity contribution in [1.82, 2.24) is 15.4 Å². The van der Waals surface area contributed by atoms with E-state index in [9.17, 15) is 18.0 Å². The fourth-order valence-corrected chi connectivity index (χ4v) is 5.84. The van der Waals surface area contributed by atoms with Crippen LogP contribution in [-0.2, 0) is 19.6 Å². The van der Waals surface area contributed by atoms with Gasteiger partial charge in [-0.2, -0.15) is 0 Å². The molecule has 2 saturated carbocycles. The van der Waals surface area contributed by atoms with E-state index in [0.29, 0.717) is 19.4 Å². The SMILES string of the molecule is CC(C)[C@@H](NC(=O)C1CCC(CNS(=O)(=O)c2ccccc2)CC1)C(=O)NC1CCCC1. The van der Waals surface area contributed by atoms with Gasteiger partial charge in [-0.05, 0) is 62.5 Å². The molecule has 3 rings (SSSR count). The summed E-state index contributed by atoms with van der Waals surface area (Å²) in [5.41, 5.74) is 0. The van der Waals surface area contributed by atoms with Crippen molar-refractivity contribution >= 4 is 21.8 Å². The van der Waals surface area contributed by atoms with Crippen molar-refractivity contribution in [3.05, 3.63) is 30.3 Å². The minimum atomic E-state index is -3.51. The molecule has 1 atom stereocenters. The fourth-order valence-electron chi connectivity index (χ4n) is 4.71. The third-order valence-electron chi connectivity index (χ3n) is 6.78. The number of carbonyl (C=O) groups is 2. The second-order valence-electron chi connectivity index (χ2n) is 9.60. The molecule has 1 aromatic carbocycles. The van der Waals surface area contributed by atoms with E-state index in [0.717, 1.165) is 38.5 Å². The molecule has 2 aliphatic carbocycles. The van der Waals surface area contributed by atoms with Gasteiger partial charge in [-0.3, -0.25) is 9.59 Å². The molecule has 2 fully saturated rings. The molecule has 8 heteroatoms. The lowest BCUT2D eigenvalue weighted by atomic mass is 9.81. The molecule has 0 heterocycles. The number of nitrogens with one attached hydrogen (secondary N) is 3. The molecule has 32 heavy (non-hydrogen) atoms. The van der Waals surface area contributed by atoms with Gasteiger partial charge in [-0.25, -0.2) is 13.1 Å². The van der Waals surface area contributed by atoms with Crippen molar-refractivity contribution in [2.24, 2.45) is 17.8 Å². The average Bonchev–Trinajstić information content (AvgIpc) is 3.29. The molecule has 0 aromatic heterocycles. The monoisotopic (exact) mass is 463 g/mol. The van der Waals surface area contributed by atoms with Gasteiger partial charge in [-0.15, -0.1) is 0 Å². The first-order valence-corrected chi connectivity index (χ1v) is 13.4. The van der Waals surface area contributed by atoms with E-state index >= 15 is 0 Å². The van der Waals surface area contributed by atoms with Gasteiger partial charge in [0.25, 0.3) is 0 Å². The van der Waals surface area contributed by atoms with Gasteiger partial charge in [0.05, 0.1) is 4.90 Å². The Bertz CT molecular complexity index is 858. The van der Waals surface area contributed by atoms with Gasteiger partial charge in [0.1, 0.15) is 6.04 Å². The summed E-state index contributed by atoms with van der Waals surface area (Å²) in [5.74, 6) is -0.0384. The van der Waals surface area contributed by atoms with Crippen molar-refractivity contribution < 1.29 is 18.0 Å². The molecule has 0 saturated heterocycles.